The number of hydrogen-bond acceptors (Lipinski definition) is 5. The number of esters is 1. The highest BCUT2D eigenvalue weighted by molar-refractivity contribution is 5.83. The molecule has 0 saturated heterocycles. The van der Waals surface area contributed by atoms with Crippen molar-refractivity contribution in [3.05, 3.63) is 46.2 Å². The van der Waals surface area contributed by atoms with Crippen LogP contribution in [-0.2, 0) is 9.53 Å². The number of non-ortho nitro benzene ring substituents is 1. The fourth-order valence-electron chi connectivity index (χ4n) is 1.17. The second-order valence-corrected chi connectivity index (χ2v) is 3.28. The van der Waals surface area contributed by atoms with Crippen molar-refractivity contribution in [1.29, 1.82) is 0 Å². The number of nitrogens with zero attached hydrogens (tertiary/aromatic N) is 1. The Morgan fingerprint density at radius 3 is 2.47 bits per heavy atom. The maximum Gasteiger partial charge on any atom is 0.332 e. The van der Waals surface area contributed by atoms with Crippen LogP contribution in [0.4, 0.5) is 11.4 Å². The van der Waals surface area contributed by atoms with Crippen molar-refractivity contribution < 1.29 is 14.5 Å². The largest absolute Gasteiger partial charge is 0.466 e. The van der Waals surface area contributed by atoms with E-state index in [1.807, 2.05) is 0 Å². The molecular formula is C11H12N2O4. The number of anilines is 1. The summed E-state index contributed by atoms with van der Waals surface area (Å²) in [5.41, 5.74) is 1.27. The molecule has 90 valence electrons. The van der Waals surface area contributed by atoms with Crippen LogP contribution in [0.25, 0.3) is 0 Å². The van der Waals surface area contributed by atoms with Gasteiger partial charge in [-0.05, 0) is 19.1 Å². The van der Waals surface area contributed by atoms with E-state index in [9.17, 15) is 14.9 Å². The molecule has 0 aliphatic rings. The van der Waals surface area contributed by atoms with Gasteiger partial charge < -0.3 is 10.1 Å². The summed E-state index contributed by atoms with van der Waals surface area (Å²) < 4.78 is 4.46. The third kappa shape index (κ3) is 3.94. The Morgan fingerprint density at radius 2 is 2.00 bits per heavy atom. The smallest absolute Gasteiger partial charge is 0.332 e. The first-order valence-corrected chi connectivity index (χ1v) is 4.80. The second kappa shape index (κ2) is 5.64. The summed E-state index contributed by atoms with van der Waals surface area (Å²) in [6.07, 6.45) is 1.29. The lowest BCUT2D eigenvalue weighted by atomic mass is 10.2. The highest BCUT2D eigenvalue weighted by Gasteiger charge is 2.04. The number of methoxy groups -OCH3 is 1. The van der Waals surface area contributed by atoms with E-state index in [1.54, 1.807) is 19.1 Å². The van der Waals surface area contributed by atoms with Crippen molar-refractivity contribution >= 4 is 17.3 Å². The molecule has 0 unspecified atom stereocenters. The number of benzene rings is 1. The minimum Gasteiger partial charge on any atom is -0.466 e. The summed E-state index contributed by atoms with van der Waals surface area (Å²) in [4.78, 5) is 20.9. The van der Waals surface area contributed by atoms with Crippen molar-refractivity contribution in [3.8, 4) is 0 Å². The summed E-state index contributed by atoms with van der Waals surface area (Å²) in [7, 11) is 1.29. The number of ether oxygens (including phenoxy) is 1. The van der Waals surface area contributed by atoms with Crippen LogP contribution in [-0.4, -0.2) is 18.0 Å². The van der Waals surface area contributed by atoms with E-state index >= 15 is 0 Å². The Hall–Kier alpha value is -2.37. The molecule has 0 aliphatic carbocycles. The predicted molar refractivity (Wildman–Crippen MR) is 62.5 cm³/mol. The standard InChI is InChI=1S/C11H12N2O4/c1-8(7-11(14)17-2)12-9-3-5-10(6-4-9)13(15)16/h3-7,12H,1-2H3/b8-7+. The summed E-state index contributed by atoms with van der Waals surface area (Å²) in [5, 5.41) is 13.3. The predicted octanol–water partition coefficient (Wildman–Crippen LogP) is 2.08. The fourth-order valence-corrected chi connectivity index (χ4v) is 1.17. The van der Waals surface area contributed by atoms with Gasteiger partial charge in [-0.1, -0.05) is 0 Å². The molecule has 0 spiro atoms. The zero-order valence-electron chi connectivity index (χ0n) is 9.47. The third-order valence-corrected chi connectivity index (χ3v) is 1.96. The molecule has 0 fully saturated rings. The molecule has 1 rings (SSSR count). The van der Waals surface area contributed by atoms with Gasteiger partial charge in [0, 0.05) is 29.6 Å². The van der Waals surface area contributed by atoms with Gasteiger partial charge >= 0.3 is 5.97 Å². The lowest BCUT2D eigenvalue weighted by Gasteiger charge is -2.05. The zero-order valence-corrected chi connectivity index (χ0v) is 9.47. The fraction of sp³-hybridized carbons (Fsp3) is 0.182. The van der Waals surface area contributed by atoms with E-state index < -0.39 is 10.9 Å². The van der Waals surface area contributed by atoms with Crippen LogP contribution in [0.5, 0.6) is 0 Å². The van der Waals surface area contributed by atoms with Crippen molar-refractivity contribution in [1.82, 2.24) is 0 Å². The molecule has 1 aromatic rings. The van der Waals surface area contributed by atoms with Crippen LogP contribution < -0.4 is 5.32 Å². The topological polar surface area (TPSA) is 81.5 Å². The molecule has 0 bridgehead atoms. The van der Waals surface area contributed by atoms with Crippen molar-refractivity contribution in [3.63, 3.8) is 0 Å². The number of carbonyl (C=O) groups is 1. The number of nitro groups is 1. The zero-order chi connectivity index (χ0) is 12.8. The number of allylic oxidation sites excluding steroid dienone is 1. The average molecular weight is 236 g/mol. The molecule has 6 nitrogen and oxygen atoms in total. The Balaban J connectivity index is 2.72. The Bertz CT molecular complexity index is 451. The minimum atomic E-state index is -0.471. The summed E-state index contributed by atoms with van der Waals surface area (Å²) in [6.45, 7) is 1.69. The normalized spacial score (nSPS) is 10.8. The molecule has 6 heteroatoms. The molecule has 0 amide bonds. The highest BCUT2D eigenvalue weighted by Crippen LogP contribution is 2.16. The van der Waals surface area contributed by atoms with Gasteiger partial charge in [-0.3, -0.25) is 10.1 Å². The first-order valence-electron chi connectivity index (χ1n) is 4.80. The van der Waals surface area contributed by atoms with E-state index in [-0.39, 0.29) is 5.69 Å². The van der Waals surface area contributed by atoms with Crippen LogP contribution in [0.2, 0.25) is 0 Å². The molecule has 0 aromatic heterocycles. The Morgan fingerprint density at radius 1 is 1.41 bits per heavy atom. The van der Waals surface area contributed by atoms with Gasteiger partial charge in [0.2, 0.25) is 0 Å². The van der Waals surface area contributed by atoms with Gasteiger partial charge in [-0.2, -0.15) is 0 Å². The Kier molecular flexibility index (Phi) is 4.21. The van der Waals surface area contributed by atoms with Crippen LogP contribution >= 0.6 is 0 Å². The van der Waals surface area contributed by atoms with Crippen molar-refractivity contribution in [2.45, 2.75) is 6.92 Å². The molecule has 1 N–H and O–H groups in total. The van der Waals surface area contributed by atoms with Gasteiger partial charge in [-0.25, -0.2) is 4.79 Å². The lowest BCUT2D eigenvalue weighted by molar-refractivity contribution is -0.384. The number of hydrogen-bond donors (Lipinski definition) is 1. The maximum atomic E-state index is 10.9. The number of rotatable bonds is 4. The van der Waals surface area contributed by atoms with Crippen LogP contribution in [0.1, 0.15) is 6.92 Å². The highest BCUT2D eigenvalue weighted by atomic mass is 16.6. The van der Waals surface area contributed by atoms with Crippen LogP contribution in [0.3, 0.4) is 0 Å². The maximum absolute atomic E-state index is 10.9. The number of carbonyl (C=O) groups excluding carboxylic acids is 1. The summed E-state index contributed by atoms with van der Waals surface area (Å²) in [6, 6.07) is 5.89. The third-order valence-electron chi connectivity index (χ3n) is 1.96. The number of nitrogens with one attached hydrogen (secondary N) is 1. The first kappa shape index (κ1) is 12.7. The molecule has 0 aliphatic heterocycles. The average Bonchev–Trinajstić information content (AvgIpc) is 2.29. The van der Waals surface area contributed by atoms with Gasteiger partial charge in [-0.15, -0.1) is 0 Å². The van der Waals surface area contributed by atoms with Gasteiger partial charge in [0.15, 0.2) is 0 Å². The monoisotopic (exact) mass is 236 g/mol. The van der Waals surface area contributed by atoms with Crippen LogP contribution in [0.15, 0.2) is 36.0 Å². The molecule has 17 heavy (non-hydrogen) atoms. The molecular weight excluding hydrogens is 224 g/mol. The lowest BCUT2D eigenvalue weighted by Crippen LogP contribution is -2.02. The van der Waals surface area contributed by atoms with Crippen molar-refractivity contribution in [2.75, 3.05) is 12.4 Å². The molecule has 0 radical (unpaired) electrons. The molecule has 0 atom stereocenters. The first-order chi connectivity index (χ1) is 8.02. The molecule has 1 aromatic carbocycles. The quantitative estimate of drug-likeness (QED) is 0.374. The van der Waals surface area contributed by atoms with E-state index in [1.165, 1.54) is 25.3 Å². The van der Waals surface area contributed by atoms with Gasteiger partial charge in [0.05, 0.1) is 12.0 Å². The van der Waals surface area contributed by atoms with E-state index in [0.717, 1.165) is 0 Å². The molecule has 0 heterocycles. The summed E-state index contributed by atoms with van der Waals surface area (Å²) >= 11 is 0. The van der Waals surface area contributed by atoms with Crippen LogP contribution in [0, 0.1) is 10.1 Å². The van der Waals surface area contributed by atoms with E-state index in [0.29, 0.717) is 11.4 Å². The summed E-state index contributed by atoms with van der Waals surface area (Å²) in [5.74, 6) is -0.461. The molecule has 0 saturated carbocycles. The Labute approximate surface area is 98.0 Å². The second-order valence-electron chi connectivity index (χ2n) is 3.28. The van der Waals surface area contributed by atoms with E-state index in [2.05, 4.69) is 10.1 Å². The minimum absolute atomic E-state index is 0.0187. The number of nitro benzene ring substituents is 1. The van der Waals surface area contributed by atoms with Gasteiger partial charge in [0.1, 0.15) is 0 Å². The SMILES string of the molecule is COC(=O)/C=C(\C)Nc1ccc([N+](=O)[O-])cc1. The van der Waals surface area contributed by atoms with E-state index in [4.69, 9.17) is 0 Å². The van der Waals surface area contributed by atoms with Gasteiger partial charge in [0.25, 0.3) is 5.69 Å². The van der Waals surface area contributed by atoms with Crippen molar-refractivity contribution in [2.24, 2.45) is 0 Å².